The summed E-state index contributed by atoms with van der Waals surface area (Å²) in [6.07, 6.45) is 2.97. The number of thiazole rings is 1. The molecule has 1 aromatic heterocycles. The fourth-order valence-corrected chi connectivity index (χ4v) is 3.45. The molecule has 0 unspecified atom stereocenters. The van der Waals surface area contributed by atoms with Crippen LogP contribution < -0.4 is 10.9 Å². The highest BCUT2D eigenvalue weighted by molar-refractivity contribution is 7.14. The van der Waals surface area contributed by atoms with Crippen molar-refractivity contribution < 1.29 is 9.72 Å². The predicted molar refractivity (Wildman–Crippen MR) is 97.1 cm³/mol. The van der Waals surface area contributed by atoms with Crippen LogP contribution in [-0.4, -0.2) is 15.7 Å². The Morgan fingerprint density at radius 3 is 2.56 bits per heavy atom. The zero-order valence-corrected chi connectivity index (χ0v) is 14.7. The summed E-state index contributed by atoms with van der Waals surface area (Å²) in [7, 11) is 0. The second kappa shape index (κ2) is 6.64. The minimum Gasteiger partial charge on any atom is -0.303 e. The van der Waals surface area contributed by atoms with Gasteiger partial charge in [-0.1, -0.05) is 13.8 Å². The summed E-state index contributed by atoms with van der Waals surface area (Å²) in [6.45, 7) is 4.13. The molecule has 0 radical (unpaired) electrons. The van der Waals surface area contributed by atoms with Crippen LogP contribution in [0.3, 0.4) is 0 Å². The number of anilines is 1. The highest BCUT2D eigenvalue weighted by Crippen LogP contribution is 2.32. The molecule has 3 rings (SSSR count). The highest BCUT2D eigenvalue weighted by atomic mass is 32.1. The van der Waals surface area contributed by atoms with Gasteiger partial charge in [0, 0.05) is 41.3 Å². The van der Waals surface area contributed by atoms with Crippen LogP contribution >= 0.6 is 11.3 Å². The third-order valence-electron chi connectivity index (χ3n) is 3.87. The lowest BCUT2D eigenvalue weighted by Gasteiger charge is -2.29. The van der Waals surface area contributed by atoms with E-state index in [2.05, 4.69) is 29.7 Å². The maximum absolute atomic E-state index is 11.8. The number of rotatable bonds is 5. The molecular weight excluding hydrogens is 340 g/mol. The van der Waals surface area contributed by atoms with Crippen molar-refractivity contribution in [2.75, 3.05) is 5.43 Å². The van der Waals surface area contributed by atoms with Crippen LogP contribution in [0, 0.1) is 15.5 Å². The van der Waals surface area contributed by atoms with Gasteiger partial charge in [0.15, 0.2) is 5.78 Å². The quantitative estimate of drug-likeness (QED) is 0.621. The van der Waals surface area contributed by atoms with E-state index in [1.165, 1.54) is 23.5 Å². The largest absolute Gasteiger partial charge is 0.303 e. The van der Waals surface area contributed by atoms with Gasteiger partial charge in [0.05, 0.1) is 10.6 Å². The third-order valence-corrected chi connectivity index (χ3v) is 4.62. The monoisotopic (exact) mass is 358 g/mol. The number of allylic oxidation sites excluding steroid dienone is 2. The van der Waals surface area contributed by atoms with Gasteiger partial charge in [-0.05, 0) is 24.0 Å². The minimum atomic E-state index is -0.428. The van der Waals surface area contributed by atoms with Crippen molar-refractivity contribution in [3.8, 4) is 11.3 Å². The summed E-state index contributed by atoms with van der Waals surface area (Å²) in [5.74, 6) is 0.117. The zero-order chi connectivity index (χ0) is 18.0. The Bertz CT molecular complexity index is 840. The Balaban J connectivity index is 1.66. The zero-order valence-electron chi connectivity index (χ0n) is 13.9. The number of carbonyl (C=O) groups is 1. The van der Waals surface area contributed by atoms with Gasteiger partial charge in [0.1, 0.15) is 0 Å². The van der Waals surface area contributed by atoms with Crippen molar-refractivity contribution in [3.05, 3.63) is 51.5 Å². The number of carbonyl (C=O) groups excluding carboxylic acids is 1. The van der Waals surface area contributed by atoms with E-state index >= 15 is 0 Å². The molecule has 0 saturated heterocycles. The lowest BCUT2D eigenvalue weighted by molar-refractivity contribution is -0.384. The first kappa shape index (κ1) is 17.1. The normalized spacial score (nSPS) is 16.2. The van der Waals surface area contributed by atoms with Crippen molar-refractivity contribution in [3.63, 3.8) is 0 Å². The van der Waals surface area contributed by atoms with Crippen molar-refractivity contribution in [1.29, 1.82) is 0 Å². The summed E-state index contributed by atoms with van der Waals surface area (Å²) in [5, 5.41) is 13.2. The molecule has 25 heavy (non-hydrogen) atoms. The topological polar surface area (TPSA) is 97.2 Å². The summed E-state index contributed by atoms with van der Waals surface area (Å²) in [5.41, 5.74) is 8.47. The van der Waals surface area contributed by atoms with Gasteiger partial charge < -0.3 is 5.43 Å². The molecular formula is C17H18N4O3S. The SMILES string of the molecule is CC1(C)CC(=O)C=C(NNc2nc(-c3ccc([N+](=O)[O-])cc3)cs2)C1. The molecule has 2 N–H and O–H groups in total. The molecule has 1 aromatic carbocycles. The fourth-order valence-electron chi connectivity index (χ4n) is 2.78. The number of hydrogen-bond acceptors (Lipinski definition) is 7. The Labute approximate surface area is 148 Å². The van der Waals surface area contributed by atoms with E-state index in [1.54, 1.807) is 18.2 Å². The molecule has 0 fully saturated rings. The van der Waals surface area contributed by atoms with Crippen molar-refractivity contribution in [2.24, 2.45) is 5.41 Å². The van der Waals surface area contributed by atoms with Crippen LogP contribution in [0.15, 0.2) is 41.4 Å². The Hall–Kier alpha value is -2.74. The van der Waals surface area contributed by atoms with Gasteiger partial charge in [-0.15, -0.1) is 11.3 Å². The standard InChI is InChI=1S/C17H18N4O3S/c1-17(2)8-12(7-14(22)9-17)19-20-16-18-15(10-25-16)11-3-5-13(6-4-11)21(23)24/h3-7,10,19H,8-9H2,1-2H3,(H,18,20). The summed E-state index contributed by atoms with van der Waals surface area (Å²) >= 11 is 1.41. The molecule has 130 valence electrons. The van der Waals surface area contributed by atoms with Crippen LogP contribution in [0.1, 0.15) is 26.7 Å². The number of aromatic nitrogens is 1. The van der Waals surface area contributed by atoms with E-state index in [-0.39, 0.29) is 16.9 Å². The molecule has 0 spiro atoms. The average Bonchev–Trinajstić information content (AvgIpc) is 3.00. The molecule has 0 atom stereocenters. The number of hydrogen-bond donors (Lipinski definition) is 2. The predicted octanol–water partition coefficient (Wildman–Crippen LogP) is 3.91. The van der Waals surface area contributed by atoms with Crippen molar-refractivity contribution >= 4 is 27.9 Å². The second-order valence-corrected chi connectivity index (χ2v) is 7.60. The molecule has 0 bridgehead atoms. The summed E-state index contributed by atoms with van der Waals surface area (Å²) in [4.78, 5) is 26.5. The molecule has 0 saturated carbocycles. The lowest BCUT2D eigenvalue weighted by atomic mass is 9.79. The number of non-ortho nitro benzene ring substituents is 1. The van der Waals surface area contributed by atoms with Crippen LogP contribution in [0.4, 0.5) is 10.8 Å². The van der Waals surface area contributed by atoms with Crippen molar-refractivity contribution in [2.45, 2.75) is 26.7 Å². The number of nitro benzene ring substituents is 1. The van der Waals surface area contributed by atoms with E-state index < -0.39 is 4.92 Å². The number of hydrazine groups is 1. The summed E-state index contributed by atoms with van der Waals surface area (Å²) < 4.78 is 0. The Morgan fingerprint density at radius 2 is 1.92 bits per heavy atom. The van der Waals surface area contributed by atoms with E-state index in [1.807, 2.05) is 5.38 Å². The fraction of sp³-hybridized carbons (Fsp3) is 0.294. The van der Waals surface area contributed by atoms with E-state index in [4.69, 9.17) is 0 Å². The van der Waals surface area contributed by atoms with Gasteiger partial charge in [-0.3, -0.25) is 20.3 Å². The molecule has 0 aliphatic heterocycles. The number of nitrogens with one attached hydrogen (secondary N) is 2. The van der Waals surface area contributed by atoms with Crippen LogP contribution in [0.5, 0.6) is 0 Å². The molecule has 8 heteroatoms. The van der Waals surface area contributed by atoms with Gasteiger partial charge in [-0.25, -0.2) is 4.98 Å². The minimum absolute atomic E-state index is 0.0514. The van der Waals surface area contributed by atoms with Gasteiger partial charge >= 0.3 is 0 Å². The second-order valence-electron chi connectivity index (χ2n) is 6.75. The van der Waals surface area contributed by atoms with E-state index in [9.17, 15) is 14.9 Å². The van der Waals surface area contributed by atoms with Gasteiger partial charge in [0.25, 0.3) is 5.69 Å². The molecule has 7 nitrogen and oxygen atoms in total. The van der Waals surface area contributed by atoms with Crippen LogP contribution in [0.25, 0.3) is 11.3 Å². The van der Waals surface area contributed by atoms with Crippen molar-refractivity contribution in [1.82, 2.24) is 10.4 Å². The Kier molecular flexibility index (Phi) is 4.54. The van der Waals surface area contributed by atoms with Crippen LogP contribution in [0.2, 0.25) is 0 Å². The maximum Gasteiger partial charge on any atom is 0.269 e. The van der Waals surface area contributed by atoms with Crippen LogP contribution in [-0.2, 0) is 4.79 Å². The highest BCUT2D eigenvalue weighted by Gasteiger charge is 2.27. The van der Waals surface area contributed by atoms with Gasteiger partial charge in [-0.2, -0.15) is 0 Å². The molecule has 1 aliphatic rings. The maximum atomic E-state index is 11.8. The van der Waals surface area contributed by atoms with E-state index in [0.717, 1.165) is 23.4 Å². The molecule has 2 aromatic rings. The smallest absolute Gasteiger partial charge is 0.269 e. The number of ketones is 1. The first-order chi connectivity index (χ1) is 11.8. The first-order valence-electron chi connectivity index (χ1n) is 7.78. The third kappa shape index (κ3) is 4.21. The lowest BCUT2D eigenvalue weighted by Crippen LogP contribution is -2.30. The summed E-state index contributed by atoms with van der Waals surface area (Å²) in [6, 6.07) is 6.27. The van der Waals surface area contributed by atoms with E-state index in [0.29, 0.717) is 11.6 Å². The number of benzene rings is 1. The molecule has 1 heterocycles. The molecule has 0 amide bonds. The number of nitro groups is 1. The number of nitrogens with zero attached hydrogens (tertiary/aromatic N) is 2. The Morgan fingerprint density at radius 1 is 1.20 bits per heavy atom. The average molecular weight is 358 g/mol. The first-order valence-corrected chi connectivity index (χ1v) is 8.66. The van der Waals surface area contributed by atoms with Gasteiger partial charge in [0.2, 0.25) is 5.13 Å². The molecule has 1 aliphatic carbocycles.